The van der Waals surface area contributed by atoms with Gasteiger partial charge in [0.05, 0.1) is 14.2 Å². The summed E-state index contributed by atoms with van der Waals surface area (Å²) in [6.45, 7) is 1.05. The molecule has 0 bridgehead atoms. The number of nitrogens with zero attached hydrogens (tertiary/aromatic N) is 1. The van der Waals surface area contributed by atoms with Crippen LogP contribution in [-0.4, -0.2) is 50.3 Å². The summed E-state index contributed by atoms with van der Waals surface area (Å²) < 4.78 is 10.5. The lowest BCUT2D eigenvalue weighted by molar-refractivity contribution is 0.0851. The van der Waals surface area contributed by atoms with Crippen LogP contribution in [0.4, 0.5) is 10.5 Å². The van der Waals surface area contributed by atoms with E-state index in [2.05, 4.69) is 5.32 Å². The lowest BCUT2D eigenvalue weighted by Gasteiger charge is -2.32. The second-order valence-corrected chi connectivity index (χ2v) is 7.76. The Kier molecular flexibility index (Phi) is 7.04. The molecule has 2 aromatic rings. The Bertz CT molecular complexity index is 870. The predicted octanol–water partition coefficient (Wildman–Crippen LogP) is 4.55. The summed E-state index contributed by atoms with van der Waals surface area (Å²) >= 11 is 1.65. The minimum Gasteiger partial charge on any atom is -0.493 e. The van der Waals surface area contributed by atoms with Crippen LogP contribution in [0.15, 0.2) is 47.4 Å². The average Bonchev–Trinajstić information content (AvgIpc) is 2.78. The summed E-state index contributed by atoms with van der Waals surface area (Å²) in [5, 5.41) is 2.89. The van der Waals surface area contributed by atoms with Crippen molar-refractivity contribution >= 4 is 29.3 Å². The number of ketones is 1. The number of hydrogen-bond acceptors (Lipinski definition) is 5. The van der Waals surface area contributed by atoms with Crippen LogP contribution in [0, 0.1) is 5.92 Å². The van der Waals surface area contributed by atoms with E-state index in [0.29, 0.717) is 35.8 Å². The maximum absolute atomic E-state index is 12.9. The van der Waals surface area contributed by atoms with Crippen LogP contribution < -0.4 is 14.8 Å². The van der Waals surface area contributed by atoms with E-state index in [9.17, 15) is 9.59 Å². The number of Topliss-reactive ketones (excluding diaryl/α,β-unsaturated/α-hetero) is 1. The second kappa shape index (κ2) is 9.69. The standard InChI is InChI=1S/C22H26N2O4S/c1-27-19-11-8-17(13-20(19)28-2)23-22(26)24-12-4-5-16(14-24)21(25)15-6-9-18(29-3)10-7-15/h6-11,13,16H,4-5,12,14H2,1-3H3,(H,23,26)/t16-/m1/s1. The van der Waals surface area contributed by atoms with Gasteiger partial charge in [0, 0.05) is 41.2 Å². The van der Waals surface area contributed by atoms with Crippen molar-refractivity contribution in [1.82, 2.24) is 4.90 Å². The number of likely N-dealkylation sites (tertiary alicyclic amines) is 1. The first-order valence-electron chi connectivity index (χ1n) is 9.52. The molecule has 0 aromatic heterocycles. The van der Waals surface area contributed by atoms with E-state index < -0.39 is 0 Å². The van der Waals surface area contributed by atoms with Gasteiger partial charge >= 0.3 is 6.03 Å². The summed E-state index contributed by atoms with van der Waals surface area (Å²) in [6.07, 6.45) is 3.61. The minimum absolute atomic E-state index is 0.0984. The zero-order valence-electron chi connectivity index (χ0n) is 16.9. The molecule has 6 nitrogen and oxygen atoms in total. The van der Waals surface area contributed by atoms with Crippen molar-refractivity contribution in [3.63, 3.8) is 0 Å². The molecule has 1 saturated heterocycles. The summed E-state index contributed by atoms with van der Waals surface area (Å²) in [5.41, 5.74) is 1.32. The highest BCUT2D eigenvalue weighted by Gasteiger charge is 2.29. The predicted molar refractivity (Wildman–Crippen MR) is 115 cm³/mol. The van der Waals surface area contributed by atoms with Crippen molar-refractivity contribution in [2.45, 2.75) is 17.7 Å². The van der Waals surface area contributed by atoms with Gasteiger partial charge in [-0.05, 0) is 43.4 Å². The van der Waals surface area contributed by atoms with Gasteiger partial charge in [-0.3, -0.25) is 4.79 Å². The number of thioether (sulfide) groups is 1. The molecule has 2 amide bonds. The molecule has 29 heavy (non-hydrogen) atoms. The first-order chi connectivity index (χ1) is 14.0. The molecule has 0 spiro atoms. The van der Waals surface area contributed by atoms with Crippen LogP contribution in [0.5, 0.6) is 11.5 Å². The fraction of sp³-hybridized carbons (Fsp3) is 0.364. The van der Waals surface area contributed by atoms with Crippen LogP contribution in [0.25, 0.3) is 0 Å². The molecule has 1 aliphatic rings. The van der Waals surface area contributed by atoms with Crippen LogP contribution in [0.2, 0.25) is 0 Å². The van der Waals surface area contributed by atoms with Gasteiger partial charge in [0.15, 0.2) is 17.3 Å². The number of carbonyl (C=O) groups is 2. The van der Waals surface area contributed by atoms with Gasteiger partial charge in [-0.1, -0.05) is 12.1 Å². The third kappa shape index (κ3) is 5.03. The SMILES string of the molecule is COc1ccc(NC(=O)N2CCC[C@@H](C(=O)c3ccc(SC)cc3)C2)cc1OC. The minimum atomic E-state index is -0.215. The number of benzene rings is 2. The zero-order chi connectivity index (χ0) is 20.8. The Morgan fingerprint density at radius 3 is 2.45 bits per heavy atom. The Morgan fingerprint density at radius 2 is 1.79 bits per heavy atom. The van der Waals surface area contributed by atoms with E-state index >= 15 is 0 Å². The fourth-order valence-corrected chi connectivity index (χ4v) is 3.89. The van der Waals surface area contributed by atoms with Crippen molar-refractivity contribution < 1.29 is 19.1 Å². The van der Waals surface area contributed by atoms with Gasteiger partial charge in [0.25, 0.3) is 0 Å². The molecule has 1 heterocycles. The number of methoxy groups -OCH3 is 2. The fourth-order valence-electron chi connectivity index (χ4n) is 3.48. The normalized spacial score (nSPS) is 16.2. The highest BCUT2D eigenvalue weighted by Crippen LogP contribution is 2.30. The maximum atomic E-state index is 12.9. The van der Waals surface area contributed by atoms with Gasteiger partial charge in [-0.2, -0.15) is 0 Å². The molecule has 7 heteroatoms. The molecular formula is C22H26N2O4S. The topological polar surface area (TPSA) is 67.9 Å². The Balaban J connectivity index is 1.65. The Morgan fingerprint density at radius 1 is 1.07 bits per heavy atom. The summed E-state index contributed by atoms with van der Waals surface area (Å²) in [5.74, 6) is 1.06. The third-order valence-electron chi connectivity index (χ3n) is 5.09. The Hall–Kier alpha value is -2.67. The van der Waals surface area contributed by atoms with Crippen LogP contribution in [0.1, 0.15) is 23.2 Å². The second-order valence-electron chi connectivity index (χ2n) is 6.88. The summed E-state index contributed by atoms with van der Waals surface area (Å²) in [4.78, 5) is 28.5. The van der Waals surface area contributed by atoms with Crippen molar-refractivity contribution in [2.75, 3.05) is 38.9 Å². The first-order valence-corrected chi connectivity index (χ1v) is 10.7. The molecule has 0 aliphatic carbocycles. The van der Waals surface area contributed by atoms with Crippen molar-refractivity contribution in [2.24, 2.45) is 5.92 Å². The highest BCUT2D eigenvalue weighted by molar-refractivity contribution is 7.98. The number of rotatable bonds is 6. The monoisotopic (exact) mass is 414 g/mol. The van der Waals surface area contributed by atoms with E-state index in [1.54, 1.807) is 49.1 Å². The number of nitrogens with one attached hydrogen (secondary N) is 1. The number of ether oxygens (including phenoxy) is 2. The van der Waals surface area contributed by atoms with Crippen molar-refractivity contribution in [3.05, 3.63) is 48.0 Å². The molecular weight excluding hydrogens is 388 g/mol. The van der Waals surface area contributed by atoms with Gasteiger partial charge in [-0.15, -0.1) is 11.8 Å². The maximum Gasteiger partial charge on any atom is 0.321 e. The molecule has 0 saturated carbocycles. The number of piperidine rings is 1. The smallest absolute Gasteiger partial charge is 0.321 e. The van der Waals surface area contributed by atoms with Gasteiger partial charge in [-0.25, -0.2) is 4.79 Å². The lowest BCUT2D eigenvalue weighted by atomic mass is 9.90. The number of hydrogen-bond donors (Lipinski definition) is 1. The first kappa shape index (κ1) is 21.0. The quantitative estimate of drug-likeness (QED) is 0.555. The van der Waals surface area contributed by atoms with E-state index in [-0.39, 0.29) is 17.7 Å². The van der Waals surface area contributed by atoms with E-state index in [1.165, 1.54) is 0 Å². The average molecular weight is 415 g/mol. The Labute approximate surface area is 175 Å². The van der Waals surface area contributed by atoms with Gasteiger partial charge in [0.1, 0.15) is 0 Å². The van der Waals surface area contributed by atoms with Crippen molar-refractivity contribution in [1.29, 1.82) is 0 Å². The van der Waals surface area contributed by atoms with Gasteiger partial charge < -0.3 is 19.7 Å². The van der Waals surface area contributed by atoms with E-state index in [0.717, 1.165) is 17.7 Å². The highest BCUT2D eigenvalue weighted by atomic mass is 32.2. The molecule has 154 valence electrons. The number of anilines is 1. The molecule has 3 rings (SSSR count). The molecule has 1 N–H and O–H groups in total. The molecule has 2 aromatic carbocycles. The molecule has 1 aliphatic heterocycles. The van der Waals surface area contributed by atoms with E-state index in [1.807, 2.05) is 30.5 Å². The van der Waals surface area contributed by atoms with Crippen LogP contribution >= 0.6 is 11.8 Å². The molecule has 0 unspecified atom stereocenters. The largest absolute Gasteiger partial charge is 0.493 e. The summed E-state index contributed by atoms with van der Waals surface area (Å²) in [7, 11) is 3.12. The van der Waals surface area contributed by atoms with E-state index in [4.69, 9.17) is 9.47 Å². The zero-order valence-corrected chi connectivity index (χ0v) is 17.8. The van der Waals surface area contributed by atoms with Crippen molar-refractivity contribution in [3.8, 4) is 11.5 Å². The third-order valence-corrected chi connectivity index (χ3v) is 5.83. The molecule has 0 radical (unpaired) electrons. The number of carbonyl (C=O) groups excluding carboxylic acids is 2. The molecule has 1 atom stereocenters. The van der Waals surface area contributed by atoms with Crippen LogP contribution in [0.3, 0.4) is 0 Å². The van der Waals surface area contributed by atoms with Crippen LogP contribution in [-0.2, 0) is 0 Å². The molecule has 1 fully saturated rings. The summed E-state index contributed by atoms with van der Waals surface area (Å²) in [6, 6.07) is 12.7. The lowest BCUT2D eigenvalue weighted by Crippen LogP contribution is -2.44. The number of urea groups is 1. The number of amides is 2. The van der Waals surface area contributed by atoms with Gasteiger partial charge in [0.2, 0.25) is 0 Å².